The highest BCUT2D eigenvalue weighted by Crippen LogP contribution is 2.28. The third kappa shape index (κ3) is 2.38. The Labute approximate surface area is 88.9 Å². The summed E-state index contributed by atoms with van der Waals surface area (Å²) in [5.74, 6) is 1.35. The monoisotopic (exact) mass is 206 g/mol. The van der Waals surface area contributed by atoms with E-state index in [0.29, 0.717) is 11.0 Å². The van der Waals surface area contributed by atoms with E-state index in [2.05, 4.69) is 24.3 Å². The summed E-state index contributed by atoms with van der Waals surface area (Å²) in [5.41, 5.74) is 1.34. The molecular weight excluding hydrogens is 192 g/mol. The first-order valence-corrected chi connectivity index (χ1v) is 6.05. The molecule has 2 rings (SSSR count). The van der Waals surface area contributed by atoms with Gasteiger partial charge in [-0.25, -0.2) is 0 Å². The van der Waals surface area contributed by atoms with Crippen LogP contribution in [0.2, 0.25) is 0 Å². The number of hydrogen-bond donors (Lipinski definition) is 0. The van der Waals surface area contributed by atoms with Gasteiger partial charge in [-0.05, 0) is 24.8 Å². The van der Waals surface area contributed by atoms with Gasteiger partial charge in [0.1, 0.15) is 0 Å². The van der Waals surface area contributed by atoms with Crippen LogP contribution < -0.4 is 0 Å². The quantitative estimate of drug-likeness (QED) is 0.756. The summed E-state index contributed by atoms with van der Waals surface area (Å²) in [5, 5.41) is 0.404. The number of carbonyl (C=O) groups excluding carboxylic acids is 1. The third-order valence-corrected chi connectivity index (χ3v) is 3.73. The highest BCUT2D eigenvalue weighted by Gasteiger charge is 2.24. The summed E-state index contributed by atoms with van der Waals surface area (Å²) in [6, 6.07) is 10.4. The van der Waals surface area contributed by atoms with Crippen molar-refractivity contribution in [3.8, 4) is 0 Å². The molecule has 1 aromatic carbocycles. The summed E-state index contributed by atoms with van der Waals surface area (Å²) in [6.45, 7) is 0. The van der Waals surface area contributed by atoms with Crippen molar-refractivity contribution in [2.24, 2.45) is 5.92 Å². The third-order valence-electron chi connectivity index (χ3n) is 2.67. The molecule has 1 fully saturated rings. The van der Waals surface area contributed by atoms with Crippen molar-refractivity contribution in [3.05, 3.63) is 35.9 Å². The second-order valence-corrected chi connectivity index (χ2v) is 4.78. The van der Waals surface area contributed by atoms with Gasteiger partial charge in [-0.15, -0.1) is 0 Å². The molecule has 0 N–H and O–H groups in total. The van der Waals surface area contributed by atoms with Gasteiger partial charge >= 0.3 is 0 Å². The maximum absolute atomic E-state index is 11.4. The average molecular weight is 206 g/mol. The number of hydrogen-bond acceptors (Lipinski definition) is 2. The maximum atomic E-state index is 11.4. The van der Waals surface area contributed by atoms with Gasteiger partial charge < -0.3 is 0 Å². The van der Waals surface area contributed by atoms with Crippen molar-refractivity contribution in [3.63, 3.8) is 0 Å². The van der Waals surface area contributed by atoms with Crippen molar-refractivity contribution in [2.75, 3.05) is 5.75 Å². The highest BCUT2D eigenvalue weighted by molar-refractivity contribution is 8.14. The van der Waals surface area contributed by atoms with Gasteiger partial charge in [-0.3, -0.25) is 4.79 Å². The van der Waals surface area contributed by atoms with E-state index in [9.17, 15) is 4.79 Å². The van der Waals surface area contributed by atoms with Crippen LogP contribution >= 0.6 is 11.8 Å². The minimum atomic E-state index is 0.320. The predicted octanol–water partition coefficient (Wildman–Crippen LogP) is 2.90. The second-order valence-electron chi connectivity index (χ2n) is 3.68. The number of rotatable bonds is 3. The lowest BCUT2D eigenvalue weighted by Gasteiger charge is -2.06. The second kappa shape index (κ2) is 4.65. The van der Waals surface area contributed by atoms with E-state index >= 15 is 0 Å². The molecular formula is C12H14OS. The van der Waals surface area contributed by atoms with Gasteiger partial charge in [0.2, 0.25) is 0 Å². The van der Waals surface area contributed by atoms with E-state index in [4.69, 9.17) is 0 Å². The van der Waals surface area contributed by atoms with Crippen molar-refractivity contribution < 1.29 is 4.79 Å². The highest BCUT2D eigenvalue weighted by atomic mass is 32.2. The lowest BCUT2D eigenvalue weighted by atomic mass is 9.99. The van der Waals surface area contributed by atoms with Crippen LogP contribution in [0.4, 0.5) is 0 Å². The molecule has 1 aliphatic rings. The van der Waals surface area contributed by atoms with E-state index < -0.39 is 0 Å². The lowest BCUT2D eigenvalue weighted by Crippen LogP contribution is -2.05. The molecule has 1 aliphatic heterocycles. The molecule has 2 heteroatoms. The molecule has 14 heavy (non-hydrogen) atoms. The Kier molecular flexibility index (Phi) is 3.25. The maximum Gasteiger partial charge on any atom is 0.192 e. The van der Waals surface area contributed by atoms with Gasteiger partial charge in [0.25, 0.3) is 0 Å². The smallest absolute Gasteiger partial charge is 0.192 e. The van der Waals surface area contributed by atoms with Crippen LogP contribution in [-0.2, 0) is 11.2 Å². The Morgan fingerprint density at radius 2 is 2.07 bits per heavy atom. The number of benzene rings is 1. The topological polar surface area (TPSA) is 17.1 Å². The molecule has 0 saturated carbocycles. The predicted molar refractivity (Wildman–Crippen MR) is 60.3 cm³/mol. The van der Waals surface area contributed by atoms with Gasteiger partial charge in [0.15, 0.2) is 5.12 Å². The fourth-order valence-electron chi connectivity index (χ4n) is 1.79. The normalized spacial score (nSPS) is 21.4. The number of aryl methyl sites for hydroxylation is 1. The van der Waals surface area contributed by atoms with Crippen LogP contribution in [0, 0.1) is 5.92 Å². The van der Waals surface area contributed by atoms with E-state index in [1.165, 1.54) is 17.3 Å². The zero-order valence-electron chi connectivity index (χ0n) is 8.11. The summed E-state index contributed by atoms with van der Waals surface area (Å²) < 4.78 is 0. The van der Waals surface area contributed by atoms with Crippen molar-refractivity contribution in [1.82, 2.24) is 0 Å². The molecule has 1 aromatic rings. The van der Waals surface area contributed by atoms with E-state index in [-0.39, 0.29) is 0 Å². The molecule has 1 heterocycles. The molecule has 0 aliphatic carbocycles. The fraction of sp³-hybridized carbons (Fsp3) is 0.417. The van der Waals surface area contributed by atoms with Gasteiger partial charge in [0.05, 0.1) is 0 Å². The van der Waals surface area contributed by atoms with E-state index in [1.54, 1.807) is 0 Å². The Balaban J connectivity index is 1.85. The van der Waals surface area contributed by atoms with Crippen LogP contribution in [0.5, 0.6) is 0 Å². The van der Waals surface area contributed by atoms with E-state index in [0.717, 1.165) is 25.0 Å². The lowest BCUT2D eigenvalue weighted by molar-refractivity contribution is -0.113. The van der Waals surface area contributed by atoms with Crippen LogP contribution in [0.25, 0.3) is 0 Å². The summed E-state index contributed by atoms with van der Waals surface area (Å²) in [4.78, 5) is 11.4. The SMILES string of the molecule is O=C1SCCC1CCc1ccccc1. The minimum absolute atomic E-state index is 0.320. The van der Waals surface area contributed by atoms with Gasteiger partial charge in [0, 0.05) is 11.7 Å². The molecule has 0 radical (unpaired) electrons. The zero-order chi connectivity index (χ0) is 9.80. The standard InChI is InChI=1S/C12H14OS/c13-12-11(8-9-14-12)7-6-10-4-2-1-3-5-10/h1-5,11H,6-9H2. The summed E-state index contributed by atoms with van der Waals surface area (Å²) >= 11 is 1.50. The molecule has 1 saturated heterocycles. The fourth-order valence-corrected chi connectivity index (χ4v) is 2.86. The Bertz CT molecular complexity index is 307. The van der Waals surface area contributed by atoms with Crippen LogP contribution in [0.15, 0.2) is 30.3 Å². The molecule has 0 amide bonds. The molecule has 1 atom stereocenters. The number of thioether (sulfide) groups is 1. The Hall–Kier alpha value is -0.760. The van der Waals surface area contributed by atoms with Crippen LogP contribution in [-0.4, -0.2) is 10.9 Å². The van der Waals surface area contributed by atoms with Crippen molar-refractivity contribution >= 4 is 16.9 Å². The molecule has 74 valence electrons. The van der Waals surface area contributed by atoms with Gasteiger partial charge in [-0.1, -0.05) is 42.1 Å². The van der Waals surface area contributed by atoms with Crippen LogP contribution in [0.3, 0.4) is 0 Å². The zero-order valence-corrected chi connectivity index (χ0v) is 8.93. The molecule has 1 unspecified atom stereocenters. The Morgan fingerprint density at radius 1 is 1.29 bits per heavy atom. The largest absolute Gasteiger partial charge is 0.287 e. The first-order valence-electron chi connectivity index (χ1n) is 5.07. The molecule has 0 aromatic heterocycles. The summed E-state index contributed by atoms with van der Waals surface area (Å²) in [7, 11) is 0. The Morgan fingerprint density at radius 3 is 2.71 bits per heavy atom. The van der Waals surface area contributed by atoms with Crippen molar-refractivity contribution in [1.29, 1.82) is 0 Å². The van der Waals surface area contributed by atoms with E-state index in [1.807, 2.05) is 6.07 Å². The average Bonchev–Trinajstić information content (AvgIpc) is 2.63. The molecule has 1 nitrogen and oxygen atoms in total. The molecule has 0 spiro atoms. The van der Waals surface area contributed by atoms with Crippen molar-refractivity contribution in [2.45, 2.75) is 19.3 Å². The minimum Gasteiger partial charge on any atom is -0.287 e. The van der Waals surface area contributed by atoms with Gasteiger partial charge in [-0.2, -0.15) is 0 Å². The first kappa shape index (κ1) is 9.78. The molecule has 0 bridgehead atoms. The number of carbonyl (C=O) groups is 1. The first-order chi connectivity index (χ1) is 6.86. The van der Waals surface area contributed by atoms with Crippen LogP contribution in [0.1, 0.15) is 18.4 Å². The summed E-state index contributed by atoms with van der Waals surface area (Å²) in [6.07, 6.45) is 3.14.